The minimum absolute atomic E-state index is 0.155. The zero-order valence-electron chi connectivity index (χ0n) is 12.0. The van der Waals surface area contributed by atoms with Crippen LogP contribution in [0.1, 0.15) is 35.5 Å². The molecule has 2 heterocycles. The Bertz CT molecular complexity index is 598. The Labute approximate surface area is 131 Å². The van der Waals surface area contributed by atoms with E-state index in [0.29, 0.717) is 5.95 Å². The summed E-state index contributed by atoms with van der Waals surface area (Å²) >= 11 is 5.19. The van der Waals surface area contributed by atoms with Crippen molar-refractivity contribution in [3.8, 4) is 0 Å². The van der Waals surface area contributed by atoms with Gasteiger partial charge in [0.2, 0.25) is 5.95 Å². The fourth-order valence-corrected chi connectivity index (χ4v) is 3.17. The molecule has 2 N–H and O–H groups in total. The average Bonchev–Trinajstić information content (AvgIpc) is 2.73. The number of anilines is 2. The molecule has 1 atom stereocenters. The molecule has 2 aromatic rings. The van der Waals surface area contributed by atoms with Gasteiger partial charge in [-0.25, -0.2) is 9.97 Å². The predicted molar refractivity (Wildman–Crippen MR) is 87.5 cm³/mol. The Kier molecular flexibility index (Phi) is 4.93. The lowest BCUT2D eigenvalue weighted by atomic mass is 10.2. The highest BCUT2D eigenvalue weighted by atomic mass is 79.9. The first-order valence-electron chi connectivity index (χ1n) is 6.48. The zero-order valence-corrected chi connectivity index (χ0v) is 14.4. The highest BCUT2D eigenvalue weighted by molar-refractivity contribution is 9.10. The van der Waals surface area contributed by atoms with Gasteiger partial charge in [-0.3, -0.25) is 0 Å². The van der Waals surface area contributed by atoms with E-state index in [4.69, 9.17) is 0 Å². The van der Waals surface area contributed by atoms with Gasteiger partial charge in [0.05, 0.1) is 21.2 Å². The van der Waals surface area contributed by atoms with E-state index in [2.05, 4.69) is 48.4 Å². The summed E-state index contributed by atoms with van der Waals surface area (Å²) in [4.78, 5) is 14.4. The van der Waals surface area contributed by atoms with Gasteiger partial charge < -0.3 is 10.6 Å². The van der Waals surface area contributed by atoms with Crippen LogP contribution in [0.2, 0.25) is 0 Å². The number of nitrogens with zero attached hydrogens (tertiary/aromatic N) is 3. The van der Waals surface area contributed by atoms with Crippen LogP contribution in [0.3, 0.4) is 0 Å². The highest BCUT2D eigenvalue weighted by Crippen LogP contribution is 2.29. The number of hydrogen-bond donors (Lipinski definition) is 2. The molecule has 0 aliphatic rings. The molecule has 0 saturated heterocycles. The molecule has 20 heavy (non-hydrogen) atoms. The van der Waals surface area contributed by atoms with E-state index in [9.17, 15) is 0 Å². The second kappa shape index (κ2) is 6.49. The van der Waals surface area contributed by atoms with Crippen LogP contribution in [0.5, 0.6) is 0 Å². The van der Waals surface area contributed by atoms with E-state index in [1.165, 1.54) is 4.88 Å². The highest BCUT2D eigenvalue weighted by Gasteiger charge is 2.15. The normalized spacial score (nSPS) is 12.2. The predicted octanol–water partition coefficient (Wildman–Crippen LogP) is 3.92. The van der Waals surface area contributed by atoms with Gasteiger partial charge in [-0.2, -0.15) is 4.98 Å². The molecule has 0 aromatic carbocycles. The van der Waals surface area contributed by atoms with Crippen LogP contribution >= 0.6 is 27.3 Å². The first-order chi connectivity index (χ1) is 9.51. The first kappa shape index (κ1) is 15.2. The summed E-state index contributed by atoms with van der Waals surface area (Å²) in [6, 6.07) is 0.155. The maximum atomic E-state index is 4.47. The minimum Gasteiger partial charge on any atom is -0.362 e. The van der Waals surface area contributed by atoms with Gasteiger partial charge in [0.25, 0.3) is 0 Å². The molecular weight excluding hydrogens is 338 g/mol. The van der Waals surface area contributed by atoms with Gasteiger partial charge in [0, 0.05) is 17.6 Å². The Balaban J connectivity index is 2.20. The van der Waals surface area contributed by atoms with E-state index >= 15 is 0 Å². The van der Waals surface area contributed by atoms with Crippen LogP contribution < -0.4 is 10.6 Å². The van der Waals surface area contributed by atoms with Crippen molar-refractivity contribution in [3.05, 3.63) is 26.2 Å². The Hall–Kier alpha value is -1.21. The maximum Gasteiger partial charge on any atom is 0.224 e. The third-order valence-corrected chi connectivity index (χ3v) is 4.60. The molecule has 5 nitrogen and oxygen atoms in total. The Morgan fingerprint density at radius 3 is 2.70 bits per heavy atom. The lowest BCUT2D eigenvalue weighted by molar-refractivity contribution is 0.874. The molecule has 0 bridgehead atoms. The summed E-state index contributed by atoms with van der Waals surface area (Å²) in [6.45, 7) is 8.99. The van der Waals surface area contributed by atoms with Gasteiger partial charge >= 0.3 is 0 Å². The molecule has 0 aliphatic heterocycles. The number of hydrogen-bond acceptors (Lipinski definition) is 6. The number of halogens is 1. The van der Waals surface area contributed by atoms with Crippen molar-refractivity contribution in [1.29, 1.82) is 0 Å². The molecule has 0 radical (unpaired) electrons. The van der Waals surface area contributed by atoms with Gasteiger partial charge in [0.1, 0.15) is 5.82 Å². The van der Waals surface area contributed by atoms with E-state index in [1.807, 2.05) is 20.8 Å². The van der Waals surface area contributed by atoms with Crippen molar-refractivity contribution in [3.63, 3.8) is 0 Å². The van der Waals surface area contributed by atoms with Crippen LogP contribution in [0.25, 0.3) is 0 Å². The van der Waals surface area contributed by atoms with Crippen LogP contribution in [-0.4, -0.2) is 21.5 Å². The molecule has 0 spiro atoms. The van der Waals surface area contributed by atoms with Crippen LogP contribution in [0.15, 0.2) is 10.7 Å². The molecular formula is C13H18BrN5S. The van der Waals surface area contributed by atoms with Gasteiger partial charge in [0.15, 0.2) is 0 Å². The van der Waals surface area contributed by atoms with Crippen LogP contribution in [0.4, 0.5) is 11.8 Å². The fourth-order valence-electron chi connectivity index (χ4n) is 1.93. The summed E-state index contributed by atoms with van der Waals surface area (Å²) in [7, 11) is 0. The standard InChI is InChI=1S/C13H18BrN5S/c1-5-15-13-16-6-10(14)12(19-13)18-8(3)11-7(2)17-9(4)20-11/h6,8H,5H2,1-4H3,(H2,15,16,18,19). The van der Waals surface area contributed by atoms with Crippen molar-refractivity contribution in [2.75, 3.05) is 17.2 Å². The number of thiazole rings is 1. The van der Waals surface area contributed by atoms with Crippen molar-refractivity contribution in [2.45, 2.75) is 33.7 Å². The summed E-state index contributed by atoms with van der Waals surface area (Å²) in [5.41, 5.74) is 1.07. The summed E-state index contributed by atoms with van der Waals surface area (Å²) in [5.74, 6) is 1.41. The number of nitrogens with one attached hydrogen (secondary N) is 2. The van der Waals surface area contributed by atoms with Crippen molar-refractivity contribution < 1.29 is 0 Å². The minimum atomic E-state index is 0.155. The van der Waals surface area contributed by atoms with Gasteiger partial charge in [-0.05, 0) is 43.6 Å². The number of aryl methyl sites for hydroxylation is 2. The fraction of sp³-hybridized carbons (Fsp3) is 0.462. The van der Waals surface area contributed by atoms with Crippen LogP contribution in [0, 0.1) is 13.8 Å². The lowest BCUT2D eigenvalue weighted by Crippen LogP contribution is -2.10. The largest absolute Gasteiger partial charge is 0.362 e. The molecule has 1 unspecified atom stereocenters. The van der Waals surface area contributed by atoms with E-state index < -0.39 is 0 Å². The number of aromatic nitrogens is 3. The smallest absolute Gasteiger partial charge is 0.224 e. The van der Waals surface area contributed by atoms with E-state index in [-0.39, 0.29) is 6.04 Å². The lowest BCUT2D eigenvalue weighted by Gasteiger charge is -2.15. The maximum absolute atomic E-state index is 4.47. The third-order valence-electron chi connectivity index (χ3n) is 2.76. The quantitative estimate of drug-likeness (QED) is 0.850. The number of rotatable bonds is 5. The summed E-state index contributed by atoms with van der Waals surface area (Å²) in [5, 5.41) is 7.61. The molecule has 7 heteroatoms. The first-order valence-corrected chi connectivity index (χ1v) is 8.09. The Morgan fingerprint density at radius 2 is 2.10 bits per heavy atom. The average molecular weight is 356 g/mol. The second-order valence-electron chi connectivity index (χ2n) is 4.47. The monoisotopic (exact) mass is 355 g/mol. The molecule has 0 fully saturated rings. The van der Waals surface area contributed by atoms with Gasteiger partial charge in [-0.15, -0.1) is 11.3 Å². The third kappa shape index (κ3) is 3.46. The van der Waals surface area contributed by atoms with Crippen LogP contribution in [-0.2, 0) is 0 Å². The van der Waals surface area contributed by atoms with Crippen molar-refractivity contribution >= 4 is 39.0 Å². The molecule has 0 amide bonds. The summed E-state index contributed by atoms with van der Waals surface area (Å²) in [6.07, 6.45) is 1.75. The summed E-state index contributed by atoms with van der Waals surface area (Å²) < 4.78 is 0.852. The van der Waals surface area contributed by atoms with Gasteiger partial charge in [-0.1, -0.05) is 0 Å². The molecule has 2 aromatic heterocycles. The zero-order chi connectivity index (χ0) is 14.7. The Morgan fingerprint density at radius 1 is 1.35 bits per heavy atom. The molecule has 0 saturated carbocycles. The van der Waals surface area contributed by atoms with E-state index in [1.54, 1.807) is 17.5 Å². The molecule has 0 aliphatic carbocycles. The molecule has 108 valence electrons. The SMILES string of the molecule is CCNc1ncc(Br)c(NC(C)c2sc(C)nc2C)n1. The molecule has 2 rings (SSSR count). The van der Waals surface area contributed by atoms with Crippen molar-refractivity contribution in [2.24, 2.45) is 0 Å². The van der Waals surface area contributed by atoms with E-state index in [0.717, 1.165) is 27.5 Å². The topological polar surface area (TPSA) is 62.7 Å². The van der Waals surface area contributed by atoms with Crippen molar-refractivity contribution in [1.82, 2.24) is 15.0 Å². The second-order valence-corrected chi connectivity index (χ2v) is 6.56.